The van der Waals surface area contributed by atoms with Gasteiger partial charge in [-0.1, -0.05) is 52.0 Å². The lowest BCUT2D eigenvalue weighted by Gasteiger charge is -2.33. The first kappa shape index (κ1) is 13.1. The maximum Gasteiger partial charge on any atom is 0.0255 e. The Morgan fingerprint density at radius 2 is 1.84 bits per heavy atom. The third-order valence-electron chi connectivity index (χ3n) is 6.25. The zero-order valence-corrected chi connectivity index (χ0v) is 12.5. The molecule has 1 aromatic rings. The minimum Gasteiger partial charge on any atom is -0.271 e. The van der Waals surface area contributed by atoms with Crippen LogP contribution in [0.2, 0.25) is 0 Å². The highest BCUT2D eigenvalue weighted by Gasteiger charge is 2.67. The lowest BCUT2D eigenvalue weighted by molar-refractivity contribution is 0.345. The molecule has 104 valence electrons. The lowest BCUT2D eigenvalue weighted by atomic mass is 9.73. The molecule has 0 spiro atoms. The Morgan fingerprint density at radius 3 is 2.37 bits per heavy atom. The minimum atomic E-state index is 0.396. The van der Waals surface area contributed by atoms with E-state index < -0.39 is 0 Å². The Balaban J connectivity index is 1.71. The van der Waals surface area contributed by atoms with E-state index in [2.05, 4.69) is 57.4 Å². The number of hydrazine groups is 1. The third-order valence-corrected chi connectivity index (χ3v) is 6.25. The van der Waals surface area contributed by atoms with Crippen molar-refractivity contribution >= 4 is 0 Å². The van der Waals surface area contributed by atoms with Crippen LogP contribution in [0.15, 0.2) is 24.3 Å². The van der Waals surface area contributed by atoms with Gasteiger partial charge in [-0.2, -0.15) is 0 Å². The Labute approximate surface area is 116 Å². The van der Waals surface area contributed by atoms with Crippen LogP contribution in [0, 0.1) is 16.7 Å². The molecule has 19 heavy (non-hydrogen) atoms. The van der Waals surface area contributed by atoms with E-state index >= 15 is 0 Å². The Bertz CT molecular complexity index is 476. The topological polar surface area (TPSA) is 38.0 Å². The molecule has 0 saturated heterocycles. The second-order valence-corrected chi connectivity index (χ2v) is 7.53. The second kappa shape index (κ2) is 4.07. The first-order valence-corrected chi connectivity index (χ1v) is 7.43. The van der Waals surface area contributed by atoms with E-state index in [4.69, 9.17) is 5.84 Å². The van der Waals surface area contributed by atoms with Gasteiger partial charge in [0.05, 0.1) is 0 Å². The lowest BCUT2D eigenvalue weighted by Crippen LogP contribution is -2.41. The summed E-state index contributed by atoms with van der Waals surface area (Å²) in [6.07, 6.45) is 2.40. The number of nitrogens with two attached hydrogens (primary N) is 1. The fourth-order valence-electron chi connectivity index (χ4n) is 4.43. The predicted octanol–water partition coefficient (Wildman–Crippen LogP) is 3.23. The summed E-state index contributed by atoms with van der Waals surface area (Å²) in [4.78, 5) is 0. The van der Waals surface area contributed by atoms with E-state index in [1.54, 1.807) is 5.56 Å². The van der Waals surface area contributed by atoms with Gasteiger partial charge in [0.1, 0.15) is 0 Å². The van der Waals surface area contributed by atoms with Gasteiger partial charge in [-0.05, 0) is 46.6 Å². The zero-order valence-electron chi connectivity index (χ0n) is 12.5. The molecule has 0 heterocycles. The van der Waals surface area contributed by atoms with Gasteiger partial charge >= 0.3 is 0 Å². The van der Waals surface area contributed by atoms with Gasteiger partial charge in [0, 0.05) is 6.04 Å². The average molecular weight is 258 g/mol. The third kappa shape index (κ3) is 1.77. The fraction of sp³-hybridized carbons (Fsp3) is 0.647. The van der Waals surface area contributed by atoms with E-state index in [-0.39, 0.29) is 0 Å². The van der Waals surface area contributed by atoms with Crippen molar-refractivity contribution in [1.29, 1.82) is 0 Å². The van der Waals surface area contributed by atoms with Crippen molar-refractivity contribution in [2.45, 2.75) is 52.5 Å². The monoisotopic (exact) mass is 258 g/mol. The second-order valence-electron chi connectivity index (χ2n) is 7.53. The molecule has 0 aliphatic heterocycles. The first-order chi connectivity index (χ1) is 8.89. The molecule has 3 rings (SSSR count). The summed E-state index contributed by atoms with van der Waals surface area (Å²) in [5.41, 5.74) is 6.96. The zero-order chi connectivity index (χ0) is 13.8. The number of rotatable bonds is 4. The van der Waals surface area contributed by atoms with E-state index in [1.807, 2.05) is 0 Å². The molecule has 2 nitrogen and oxygen atoms in total. The molecule has 0 radical (unpaired) electrons. The molecule has 2 atom stereocenters. The van der Waals surface area contributed by atoms with Crippen LogP contribution >= 0.6 is 0 Å². The maximum atomic E-state index is 5.85. The van der Waals surface area contributed by atoms with Crippen molar-refractivity contribution in [1.82, 2.24) is 5.43 Å². The molecule has 2 aliphatic carbocycles. The standard InChI is InChI=1S/C17H26N2/c1-16(2)15(17(16,3)4)14(19-18)10-12-9-11-7-5-6-8-13(11)12/h5-8,12,14-15,19H,9-10,18H2,1-4H3. The molecule has 1 saturated carbocycles. The molecule has 0 amide bonds. The first-order valence-electron chi connectivity index (χ1n) is 7.43. The van der Waals surface area contributed by atoms with Gasteiger partial charge in [0.25, 0.3) is 0 Å². The molecule has 0 aromatic heterocycles. The normalized spacial score (nSPS) is 28.4. The molecule has 2 unspecified atom stereocenters. The summed E-state index contributed by atoms with van der Waals surface area (Å²) < 4.78 is 0. The Morgan fingerprint density at radius 1 is 1.21 bits per heavy atom. The van der Waals surface area contributed by atoms with Crippen LogP contribution in [-0.4, -0.2) is 6.04 Å². The van der Waals surface area contributed by atoms with Crippen molar-refractivity contribution in [2.75, 3.05) is 0 Å². The molecule has 2 heteroatoms. The van der Waals surface area contributed by atoms with Crippen LogP contribution in [0.1, 0.15) is 51.2 Å². The fourth-order valence-corrected chi connectivity index (χ4v) is 4.43. The molecular formula is C17H26N2. The van der Waals surface area contributed by atoms with Gasteiger partial charge in [-0.25, -0.2) is 0 Å². The number of hydrogen-bond donors (Lipinski definition) is 2. The van der Waals surface area contributed by atoms with E-state index in [1.165, 1.54) is 18.4 Å². The summed E-state index contributed by atoms with van der Waals surface area (Å²) in [7, 11) is 0. The number of fused-ring (bicyclic) bond motifs is 1. The number of hydrogen-bond acceptors (Lipinski definition) is 2. The highest BCUT2D eigenvalue weighted by atomic mass is 15.2. The number of nitrogens with one attached hydrogen (secondary N) is 1. The Hall–Kier alpha value is -0.860. The molecule has 3 N–H and O–H groups in total. The maximum absolute atomic E-state index is 5.85. The summed E-state index contributed by atoms with van der Waals surface area (Å²) in [5, 5.41) is 0. The summed E-state index contributed by atoms with van der Waals surface area (Å²) in [6, 6.07) is 9.26. The minimum absolute atomic E-state index is 0.396. The summed E-state index contributed by atoms with van der Waals surface area (Å²) >= 11 is 0. The van der Waals surface area contributed by atoms with Crippen molar-refractivity contribution in [3.8, 4) is 0 Å². The summed E-state index contributed by atoms with van der Waals surface area (Å²) in [5.74, 6) is 7.23. The van der Waals surface area contributed by atoms with Crippen LogP contribution in [0.4, 0.5) is 0 Å². The average Bonchev–Trinajstić information content (AvgIpc) is 2.73. The molecule has 1 aromatic carbocycles. The Kier molecular flexibility index (Phi) is 2.81. The van der Waals surface area contributed by atoms with E-state index in [9.17, 15) is 0 Å². The van der Waals surface area contributed by atoms with Crippen LogP contribution in [0.5, 0.6) is 0 Å². The van der Waals surface area contributed by atoms with Gasteiger partial charge in [-0.15, -0.1) is 0 Å². The molecule has 0 bridgehead atoms. The quantitative estimate of drug-likeness (QED) is 0.643. The highest BCUT2D eigenvalue weighted by Crippen LogP contribution is 2.70. The van der Waals surface area contributed by atoms with Crippen LogP contribution in [-0.2, 0) is 6.42 Å². The van der Waals surface area contributed by atoms with Gasteiger partial charge in [-0.3, -0.25) is 11.3 Å². The van der Waals surface area contributed by atoms with Gasteiger partial charge in [0.15, 0.2) is 0 Å². The van der Waals surface area contributed by atoms with Crippen molar-refractivity contribution < 1.29 is 0 Å². The predicted molar refractivity (Wildman–Crippen MR) is 79.7 cm³/mol. The van der Waals surface area contributed by atoms with Gasteiger partial charge < -0.3 is 0 Å². The highest BCUT2D eigenvalue weighted by molar-refractivity contribution is 5.40. The van der Waals surface area contributed by atoms with Crippen LogP contribution in [0.3, 0.4) is 0 Å². The van der Waals surface area contributed by atoms with Crippen LogP contribution < -0.4 is 11.3 Å². The van der Waals surface area contributed by atoms with Crippen LogP contribution in [0.25, 0.3) is 0 Å². The van der Waals surface area contributed by atoms with Crippen molar-refractivity contribution in [2.24, 2.45) is 22.6 Å². The SMILES string of the molecule is CC1(C)C(C(CC2Cc3ccccc32)NN)C1(C)C. The molecule has 2 aliphatic rings. The molecular weight excluding hydrogens is 232 g/mol. The van der Waals surface area contributed by atoms with Crippen molar-refractivity contribution in [3.05, 3.63) is 35.4 Å². The largest absolute Gasteiger partial charge is 0.271 e. The van der Waals surface area contributed by atoms with E-state index in [0.29, 0.717) is 28.7 Å². The van der Waals surface area contributed by atoms with Gasteiger partial charge in [0.2, 0.25) is 0 Å². The molecule has 1 fully saturated rings. The van der Waals surface area contributed by atoms with Crippen molar-refractivity contribution in [3.63, 3.8) is 0 Å². The van der Waals surface area contributed by atoms with E-state index in [0.717, 1.165) is 0 Å². The smallest absolute Gasteiger partial charge is 0.0255 e. The summed E-state index contributed by atoms with van der Waals surface area (Å²) in [6.45, 7) is 9.49. The number of benzene rings is 1.